The van der Waals surface area contributed by atoms with Gasteiger partial charge in [0.15, 0.2) is 5.78 Å². The van der Waals surface area contributed by atoms with Gasteiger partial charge in [-0.3, -0.25) is 14.3 Å². The average Bonchev–Trinajstić information content (AvgIpc) is 3.11. The number of benzene rings is 2. The van der Waals surface area contributed by atoms with E-state index < -0.39 is 22.1 Å². The lowest BCUT2D eigenvalue weighted by Crippen LogP contribution is -2.17. The maximum absolute atomic E-state index is 12.4. The van der Waals surface area contributed by atoms with Crippen molar-refractivity contribution < 1.29 is 35.9 Å². The normalized spacial score (nSPS) is 14.3. The Morgan fingerprint density at radius 2 is 1.77 bits per heavy atom. The first kappa shape index (κ1) is 23.2. The van der Waals surface area contributed by atoms with E-state index in [1.807, 2.05) is 0 Å². The van der Waals surface area contributed by atoms with Gasteiger partial charge < -0.3 is 4.74 Å². The van der Waals surface area contributed by atoms with E-state index in [1.165, 1.54) is 36.0 Å². The fourth-order valence-corrected chi connectivity index (χ4v) is 5.14. The molecule has 0 saturated carbocycles. The third-order valence-electron chi connectivity index (χ3n) is 3.69. The van der Waals surface area contributed by atoms with Crippen molar-refractivity contribution in [2.45, 2.75) is 11.3 Å². The number of rotatable bonds is 7. The molecule has 1 heterocycles. The monoisotopic (exact) mass is 490 g/mol. The Morgan fingerprint density at radius 3 is 2.32 bits per heavy atom. The van der Waals surface area contributed by atoms with Gasteiger partial charge in [-0.15, -0.1) is 13.2 Å². The minimum Gasteiger partial charge on any atom is -0.406 e. The summed E-state index contributed by atoms with van der Waals surface area (Å²) in [4.78, 5) is 26.8. The van der Waals surface area contributed by atoms with Gasteiger partial charge in [0.25, 0.3) is 15.9 Å². The summed E-state index contributed by atoms with van der Waals surface area (Å²) in [6, 6.07) is 9.40. The van der Waals surface area contributed by atoms with E-state index in [0.717, 1.165) is 36.0 Å². The summed E-state index contributed by atoms with van der Waals surface area (Å²) in [5.41, 5.74) is 0.514. The van der Waals surface area contributed by atoms with Crippen LogP contribution in [0.15, 0.2) is 58.4 Å². The number of ketones is 1. The molecule has 2 aromatic carbocycles. The molecule has 2 aromatic rings. The molecule has 31 heavy (non-hydrogen) atoms. The fourth-order valence-electron chi connectivity index (χ4n) is 2.33. The zero-order valence-corrected chi connectivity index (χ0v) is 17.8. The van der Waals surface area contributed by atoms with Crippen molar-refractivity contribution in [2.75, 3.05) is 16.2 Å². The quantitative estimate of drug-likeness (QED) is 0.587. The first-order chi connectivity index (χ1) is 14.5. The number of alkyl halides is 3. The van der Waals surface area contributed by atoms with E-state index in [0.29, 0.717) is 9.94 Å². The van der Waals surface area contributed by atoms with Crippen LogP contribution in [0.2, 0.25) is 0 Å². The molecular formula is C18H13F3N2O5S3. The Hall–Kier alpha value is -2.51. The second-order valence-electron chi connectivity index (χ2n) is 5.97. The summed E-state index contributed by atoms with van der Waals surface area (Å²) in [5, 5.41) is 0. The topological polar surface area (TPSA) is 102 Å². The van der Waals surface area contributed by atoms with Crippen LogP contribution >= 0.6 is 23.5 Å². The van der Waals surface area contributed by atoms with Crippen LogP contribution in [0.3, 0.4) is 0 Å². The van der Waals surface area contributed by atoms with Crippen LogP contribution in [0.4, 0.5) is 18.9 Å². The number of anilines is 1. The fraction of sp³-hybridized carbons (Fsp3) is 0.167. The molecule has 0 unspecified atom stereocenters. The molecule has 1 aliphatic rings. The maximum Gasteiger partial charge on any atom is 0.573 e. The number of ether oxygens (including phenoxy) is 1. The molecule has 0 atom stereocenters. The lowest BCUT2D eigenvalue weighted by atomic mass is 10.1. The van der Waals surface area contributed by atoms with Crippen LogP contribution in [0.1, 0.15) is 10.4 Å². The van der Waals surface area contributed by atoms with Crippen molar-refractivity contribution in [1.29, 1.82) is 0 Å². The smallest absolute Gasteiger partial charge is 0.406 e. The predicted molar refractivity (Wildman–Crippen MR) is 112 cm³/mol. The number of carbonyl (C=O) groups is 2. The Bertz CT molecular complexity index is 1120. The average molecular weight is 491 g/mol. The van der Waals surface area contributed by atoms with E-state index in [2.05, 4.69) is 14.5 Å². The van der Waals surface area contributed by atoms with Gasteiger partial charge in [0.1, 0.15) is 10.1 Å². The zero-order chi connectivity index (χ0) is 22.6. The lowest BCUT2D eigenvalue weighted by molar-refractivity contribution is -0.274. The SMILES string of the molecule is O=C1CSC(SCC(=O)c2ccc(NS(=O)(=O)c3ccc(OC(F)(F)F)cc3)cc2)=N1. The molecule has 0 aromatic heterocycles. The molecule has 3 rings (SSSR count). The summed E-state index contributed by atoms with van der Waals surface area (Å²) in [7, 11) is -4.06. The summed E-state index contributed by atoms with van der Waals surface area (Å²) < 4.78 is 67.9. The highest BCUT2D eigenvalue weighted by Gasteiger charge is 2.31. The molecule has 1 amide bonds. The molecule has 0 radical (unpaired) electrons. The van der Waals surface area contributed by atoms with Gasteiger partial charge in [-0.1, -0.05) is 23.5 Å². The summed E-state index contributed by atoms with van der Waals surface area (Å²) in [6.45, 7) is 0. The number of hydrogen-bond donors (Lipinski definition) is 1. The molecule has 1 aliphatic heterocycles. The summed E-state index contributed by atoms with van der Waals surface area (Å²) in [5.74, 6) is -0.653. The number of Topliss-reactive ketones (excluding diaryl/α,β-unsaturated/α-hetero) is 1. The molecule has 0 saturated heterocycles. The Kier molecular flexibility index (Phi) is 6.96. The van der Waals surface area contributed by atoms with Gasteiger partial charge in [0.05, 0.1) is 16.4 Å². The molecule has 0 aliphatic carbocycles. The minimum absolute atomic E-state index is 0.0799. The molecule has 0 spiro atoms. The van der Waals surface area contributed by atoms with Crippen molar-refractivity contribution in [3.63, 3.8) is 0 Å². The second kappa shape index (κ2) is 9.32. The molecule has 0 bridgehead atoms. The van der Waals surface area contributed by atoms with Crippen molar-refractivity contribution >= 4 is 55.3 Å². The maximum atomic E-state index is 12.4. The number of aliphatic imine (C=N–C) groups is 1. The zero-order valence-electron chi connectivity index (χ0n) is 15.4. The van der Waals surface area contributed by atoms with Crippen molar-refractivity contribution in [1.82, 2.24) is 0 Å². The van der Waals surface area contributed by atoms with E-state index in [-0.39, 0.29) is 33.8 Å². The third-order valence-corrected chi connectivity index (χ3v) is 7.27. The minimum atomic E-state index is -4.88. The highest BCUT2D eigenvalue weighted by molar-refractivity contribution is 8.39. The van der Waals surface area contributed by atoms with Crippen molar-refractivity contribution in [3.8, 4) is 5.75 Å². The number of carbonyl (C=O) groups excluding carboxylic acids is 2. The van der Waals surface area contributed by atoms with Crippen LogP contribution in [-0.2, 0) is 14.8 Å². The summed E-state index contributed by atoms with van der Waals surface area (Å²) in [6.07, 6.45) is -4.88. The van der Waals surface area contributed by atoms with Gasteiger partial charge in [0, 0.05) is 11.3 Å². The van der Waals surface area contributed by atoms with Crippen molar-refractivity contribution in [3.05, 3.63) is 54.1 Å². The van der Waals surface area contributed by atoms with Gasteiger partial charge in [0.2, 0.25) is 0 Å². The van der Waals surface area contributed by atoms with E-state index in [9.17, 15) is 31.2 Å². The first-order valence-corrected chi connectivity index (χ1v) is 11.9. The van der Waals surface area contributed by atoms with E-state index in [1.54, 1.807) is 0 Å². The molecule has 7 nitrogen and oxygen atoms in total. The first-order valence-electron chi connectivity index (χ1n) is 8.41. The Morgan fingerprint density at radius 1 is 1.13 bits per heavy atom. The van der Waals surface area contributed by atoms with Crippen LogP contribution in [-0.4, -0.2) is 42.4 Å². The highest BCUT2D eigenvalue weighted by Crippen LogP contribution is 2.26. The molecule has 0 fully saturated rings. The number of nitrogens with zero attached hydrogens (tertiary/aromatic N) is 1. The largest absolute Gasteiger partial charge is 0.573 e. The Labute approximate surface area is 183 Å². The molecular weight excluding hydrogens is 477 g/mol. The lowest BCUT2D eigenvalue weighted by Gasteiger charge is -2.11. The molecule has 1 N–H and O–H groups in total. The number of hydrogen-bond acceptors (Lipinski definition) is 7. The second-order valence-corrected chi connectivity index (χ2v) is 9.84. The van der Waals surface area contributed by atoms with Crippen LogP contribution < -0.4 is 9.46 Å². The Balaban J connectivity index is 1.61. The van der Waals surface area contributed by atoms with E-state index >= 15 is 0 Å². The van der Waals surface area contributed by atoms with Gasteiger partial charge in [-0.2, -0.15) is 4.99 Å². The number of nitrogens with one attached hydrogen (secondary N) is 1. The summed E-state index contributed by atoms with van der Waals surface area (Å²) >= 11 is 2.43. The van der Waals surface area contributed by atoms with Gasteiger partial charge >= 0.3 is 6.36 Å². The standard InChI is InChI=1S/C18H13F3N2O5S3/c19-18(20,21)28-13-5-7-14(8-6-13)31(26,27)23-12-3-1-11(2-4-12)15(24)9-29-17-22-16(25)10-30-17/h1-8,23H,9-10H2. The third kappa shape index (κ3) is 6.74. The number of halogens is 3. The van der Waals surface area contributed by atoms with Crippen LogP contribution in [0, 0.1) is 0 Å². The van der Waals surface area contributed by atoms with E-state index in [4.69, 9.17) is 0 Å². The number of sulfonamides is 1. The molecule has 13 heteroatoms. The van der Waals surface area contributed by atoms with Gasteiger partial charge in [-0.25, -0.2) is 8.42 Å². The van der Waals surface area contributed by atoms with Crippen LogP contribution in [0.25, 0.3) is 0 Å². The van der Waals surface area contributed by atoms with Crippen molar-refractivity contribution in [2.24, 2.45) is 4.99 Å². The predicted octanol–water partition coefficient (Wildman–Crippen LogP) is 3.93. The van der Waals surface area contributed by atoms with Crippen LogP contribution in [0.5, 0.6) is 5.75 Å². The van der Waals surface area contributed by atoms with Gasteiger partial charge in [-0.05, 0) is 48.5 Å². The number of thioether (sulfide) groups is 2. The number of amides is 1. The molecule has 164 valence electrons. The highest BCUT2D eigenvalue weighted by atomic mass is 32.2.